The zero-order valence-corrected chi connectivity index (χ0v) is 18.4. The van der Waals surface area contributed by atoms with Crippen molar-refractivity contribution in [2.45, 2.75) is 78.1 Å². The van der Waals surface area contributed by atoms with E-state index in [9.17, 15) is 4.79 Å². The van der Waals surface area contributed by atoms with E-state index >= 15 is 0 Å². The Hall–Kier alpha value is -1.91. The first-order valence-electron chi connectivity index (χ1n) is 10.7. The molecule has 1 aromatic carbocycles. The Labute approximate surface area is 171 Å². The summed E-state index contributed by atoms with van der Waals surface area (Å²) in [6.45, 7) is 4.31. The predicted octanol–water partition coefficient (Wildman–Crippen LogP) is 6.21. The molecule has 0 fully saturated rings. The molecule has 0 saturated heterocycles. The smallest absolute Gasteiger partial charge is 0.227 e. The predicted molar refractivity (Wildman–Crippen MR) is 116 cm³/mol. The van der Waals surface area contributed by atoms with E-state index in [1.165, 1.54) is 44.9 Å². The quantitative estimate of drug-likeness (QED) is 0.360. The molecule has 0 aliphatic carbocycles. The SMILES string of the molecule is CCCCCCCCCCC(CC)C(=O)Nc1c(OC)cc(OC)cc1OC. The molecule has 5 heteroatoms. The number of hydrogen-bond acceptors (Lipinski definition) is 4. The maximum atomic E-state index is 12.8. The number of nitrogens with one attached hydrogen (secondary N) is 1. The third kappa shape index (κ3) is 7.99. The molecule has 1 N–H and O–H groups in total. The van der Waals surface area contributed by atoms with Crippen LogP contribution < -0.4 is 19.5 Å². The van der Waals surface area contributed by atoms with Gasteiger partial charge in [-0.2, -0.15) is 0 Å². The highest BCUT2D eigenvalue weighted by atomic mass is 16.5. The molecule has 0 aliphatic rings. The average Bonchev–Trinajstić information content (AvgIpc) is 2.72. The molecule has 1 unspecified atom stereocenters. The Kier molecular flexibility index (Phi) is 12.2. The van der Waals surface area contributed by atoms with Gasteiger partial charge in [-0.05, 0) is 12.8 Å². The van der Waals surface area contributed by atoms with Gasteiger partial charge >= 0.3 is 0 Å². The lowest BCUT2D eigenvalue weighted by atomic mass is 9.96. The molecule has 160 valence electrons. The van der Waals surface area contributed by atoms with Crippen molar-refractivity contribution in [1.82, 2.24) is 0 Å². The van der Waals surface area contributed by atoms with E-state index in [1.807, 2.05) is 0 Å². The monoisotopic (exact) mass is 393 g/mol. The van der Waals surface area contributed by atoms with Gasteiger partial charge in [0.25, 0.3) is 0 Å². The minimum absolute atomic E-state index is 0.00314. The third-order valence-electron chi connectivity index (χ3n) is 5.23. The lowest BCUT2D eigenvalue weighted by molar-refractivity contribution is -0.120. The first kappa shape index (κ1) is 24.1. The van der Waals surface area contributed by atoms with Gasteiger partial charge in [-0.3, -0.25) is 4.79 Å². The number of benzene rings is 1. The summed E-state index contributed by atoms with van der Waals surface area (Å²) in [6.07, 6.45) is 11.9. The second-order valence-corrected chi connectivity index (χ2v) is 7.26. The Balaban J connectivity index is 2.57. The third-order valence-corrected chi connectivity index (χ3v) is 5.23. The average molecular weight is 394 g/mol. The van der Waals surface area contributed by atoms with E-state index < -0.39 is 0 Å². The van der Waals surface area contributed by atoms with Gasteiger partial charge in [-0.25, -0.2) is 0 Å². The van der Waals surface area contributed by atoms with E-state index in [4.69, 9.17) is 14.2 Å². The summed E-state index contributed by atoms with van der Waals surface area (Å²) in [4.78, 5) is 12.8. The summed E-state index contributed by atoms with van der Waals surface area (Å²) in [5.74, 6) is 1.71. The summed E-state index contributed by atoms with van der Waals surface area (Å²) >= 11 is 0. The van der Waals surface area contributed by atoms with Crippen LogP contribution in [0.3, 0.4) is 0 Å². The van der Waals surface area contributed by atoms with Crippen LogP contribution in [0.5, 0.6) is 17.2 Å². The van der Waals surface area contributed by atoms with Gasteiger partial charge in [0, 0.05) is 18.1 Å². The van der Waals surface area contributed by atoms with Crippen molar-refractivity contribution >= 4 is 11.6 Å². The number of amides is 1. The fraction of sp³-hybridized carbons (Fsp3) is 0.696. The van der Waals surface area contributed by atoms with E-state index in [1.54, 1.807) is 33.5 Å². The number of rotatable bonds is 15. The van der Waals surface area contributed by atoms with Gasteiger partial charge in [0.2, 0.25) is 5.91 Å². The van der Waals surface area contributed by atoms with Crippen molar-refractivity contribution in [3.05, 3.63) is 12.1 Å². The normalized spacial score (nSPS) is 11.8. The van der Waals surface area contributed by atoms with Gasteiger partial charge in [-0.1, -0.05) is 65.2 Å². The molecule has 1 aromatic rings. The zero-order valence-electron chi connectivity index (χ0n) is 18.4. The number of hydrogen-bond donors (Lipinski definition) is 1. The number of carbonyl (C=O) groups excluding carboxylic acids is 1. The zero-order chi connectivity index (χ0) is 20.8. The summed E-state index contributed by atoms with van der Waals surface area (Å²) in [6, 6.07) is 3.50. The van der Waals surface area contributed by atoms with Crippen molar-refractivity contribution in [2.24, 2.45) is 5.92 Å². The second-order valence-electron chi connectivity index (χ2n) is 7.26. The molecule has 5 nitrogen and oxygen atoms in total. The van der Waals surface area contributed by atoms with Crippen LogP contribution in [0.25, 0.3) is 0 Å². The van der Waals surface area contributed by atoms with Crippen molar-refractivity contribution in [2.75, 3.05) is 26.6 Å². The summed E-state index contributed by atoms with van der Waals surface area (Å²) in [7, 11) is 4.73. The summed E-state index contributed by atoms with van der Waals surface area (Å²) < 4.78 is 16.1. The Morgan fingerprint density at radius 3 is 1.86 bits per heavy atom. The maximum absolute atomic E-state index is 12.8. The molecule has 1 atom stereocenters. The minimum Gasteiger partial charge on any atom is -0.496 e. The largest absolute Gasteiger partial charge is 0.496 e. The van der Waals surface area contributed by atoms with Gasteiger partial charge in [0.05, 0.1) is 21.3 Å². The number of anilines is 1. The lowest BCUT2D eigenvalue weighted by Gasteiger charge is -2.19. The molecule has 0 aliphatic heterocycles. The molecule has 0 heterocycles. The molecular formula is C23H39NO4. The van der Waals surface area contributed by atoms with Gasteiger partial charge < -0.3 is 19.5 Å². The van der Waals surface area contributed by atoms with Crippen molar-refractivity contribution in [1.29, 1.82) is 0 Å². The number of ether oxygens (including phenoxy) is 3. The number of carbonyl (C=O) groups is 1. The molecule has 0 radical (unpaired) electrons. The molecule has 1 amide bonds. The highest BCUT2D eigenvalue weighted by molar-refractivity contribution is 5.96. The molecule has 0 spiro atoms. The summed E-state index contributed by atoms with van der Waals surface area (Å²) in [5.41, 5.74) is 0.560. The molecule has 0 saturated carbocycles. The van der Waals surface area contributed by atoms with Gasteiger partial charge in [0.15, 0.2) is 0 Å². The van der Waals surface area contributed by atoms with Gasteiger partial charge in [0.1, 0.15) is 22.9 Å². The second kappa shape index (κ2) is 14.1. The van der Waals surface area contributed by atoms with E-state index in [0.717, 1.165) is 19.3 Å². The van der Waals surface area contributed by atoms with Crippen LogP contribution in [0.15, 0.2) is 12.1 Å². The van der Waals surface area contributed by atoms with Crippen LogP contribution in [0.4, 0.5) is 5.69 Å². The van der Waals surface area contributed by atoms with Gasteiger partial charge in [-0.15, -0.1) is 0 Å². The highest BCUT2D eigenvalue weighted by Crippen LogP contribution is 2.39. The van der Waals surface area contributed by atoms with E-state index in [0.29, 0.717) is 22.9 Å². The maximum Gasteiger partial charge on any atom is 0.227 e. The number of methoxy groups -OCH3 is 3. The van der Waals surface area contributed by atoms with E-state index in [-0.39, 0.29) is 11.8 Å². The minimum atomic E-state index is -0.00314. The summed E-state index contributed by atoms with van der Waals surface area (Å²) in [5, 5.41) is 3.01. The van der Waals surface area contributed by atoms with Crippen molar-refractivity contribution in [3.63, 3.8) is 0 Å². The molecular weight excluding hydrogens is 354 g/mol. The first-order valence-corrected chi connectivity index (χ1v) is 10.7. The molecule has 28 heavy (non-hydrogen) atoms. The molecule has 1 rings (SSSR count). The Morgan fingerprint density at radius 1 is 0.857 bits per heavy atom. The topological polar surface area (TPSA) is 56.8 Å². The van der Waals surface area contributed by atoms with Crippen LogP contribution in [-0.2, 0) is 4.79 Å². The van der Waals surface area contributed by atoms with Crippen LogP contribution in [-0.4, -0.2) is 27.2 Å². The van der Waals surface area contributed by atoms with E-state index in [2.05, 4.69) is 19.2 Å². The number of unbranched alkanes of at least 4 members (excludes halogenated alkanes) is 7. The fourth-order valence-electron chi connectivity index (χ4n) is 3.40. The van der Waals surface area contributed by atoms with Crippen LogP contribution in [0.1, 0.15) is 78.1 Å². The molecule has 0 aromatic heterocycles. The van der Waals surface area contributed by atoms with Crippen LogP contribution >= 0.6 is 0 Å². The standard InChI is InChI=1S/C23H39NO4/c1-6-8-9-10-11-12-13-14-15-18(7-2)23(25)24-22-20(27-4)16-19(26-3)17-21(22)28-5/h16-18H,6-15H2,1-5H3,(H,24,25). The van der Waals surface area contributed by atoms with Crippen LogP contribution in [0.2, 0.25) is 0 Å². The lowest BCUT2D eigenvalue weighted by Crippen LogP contribution is -2.23. The first-order chi connectivity index (χ1) is 13.6. The fourth-order valence-corrected chi connectivity index (χ4v) is 3.40. The van der Waals surface area contributed by atoms with Crippen LogP contribution in [0, 0.1) is 5.92 Å². The van der Waals surface area contributed by atoms with Crippen molar-refractivity contribution < 1.29 is 19.0 Å². The molecule has 0 bridgehead atoms. The highest BCUT2D eigenvalue weighted by Gasteiger charge is 2.21. The van der Waals surface area contributed by atoms with Crippen molar-refractivity contribution in [3.8, 4) is 17.2 Å². The Bertz CT molecular complexity index is 549. The Morgan fingerprint density at radius 2 is 1.39 bits per heavy atom.